The minimum atomic E-state index is -1.59. The van der Waals surface area contributed by atoms with Crippen LogP contribution in [0.2, 0.25) is 0 Å². The predicted molar refractivity (Wildman–Crippen MR) is 256 cm³/mol. The normalized spacial score (nSPS) is 19.5. The molecule has 1 aliphatic heterocycles. The lowest BCUT2D eigenvalue weighted by Crippen LogP contribution is -2.59. The van der Waals surface area contributed by atoms with Gasteiger partial charge in [-0.05, 0) is 38.5 Å². The second-order valence-corrected chi connectivity index (χ2v) is 18.7. The van der Waals surface area contributed by atoms with E-state index in [2.05, 4.69) is 26.0 Å². The van der Waals surface area contributed by atoms with Gasteiger partial charge in [0, 0.05) is 12.8 Å². The van der Waals surface area contributed by atoms with Crippen molar-refractivity contribution in [1.82, 2.24) is 0 Å². The van der Waals surface area contributed by atoms with Gasteiger partial charge < -0.3 is 39.4 Å². The summed E-state index contributed by atoms with van der Waals surface area (Å²) in [5.41, 5.74) is 0. The highest BCUT2D eigenvalue weighted by Crippen LogP contribution is 2.23. The van der Waals surface area contributed by atoms with Gasteiger partial charge in [0.05, 0.1) is 13.2 Å². The number of allylic oxidation sites excluding steroid dienone is 2. The van der Waals surface area contributed by atoms with E-state index in [0.717, 1.165) is 44.9 Å². The maximum absolute atomic E-state index is 12.8. The number of ether oxygens (including phenoxy) is 4. The molecule has 0 radical (unpaired) electrons. The highest BCUT2D eigenvalue weighted by Gasteiger charge is 2.44. The molecule has 0 saturated carbocycles. The summed E-state index contributed by atoms with van der Waals surface area (Å²) in [6.45, 7) is 3.47. The van der Waals surface area contributed by atoms with Gasteiger partial charge in [0.25, 0.3) is 0 Å². The molecule has 6 atom stereocenters. The summed E-state index contributed by atoms with van der Waals surface area (Å²) in [6, 6.07) is 0. The average Bonchev–Trinajstić information content (AvgIpc) is 3.28. The van der Waals surface area contributed by atoms with Gasteiger partial charge in [0.1, 0.15) is 31.0 Å². The Kier molecular flexibility index (Phi) is 41.8. The molecular formula is C53H100O10. The molecule has 0 aromatic carbocycles. The van der Waals surface area contributed by atoms with Crippen molar-refractivity contribution in [3.05, 3.63) is 12.2 Å². The van der Waals surface area contributed by atoms with E-state index >= 15 is 0 Å². The SMILES string of the molecule is CCCCCCCC/C=C\CCCCCCCCCC(=O)OC(COC(=O)CCCCCCCCCCCCCCCCCCCCCCC)COC1OC(CO)C(O)C(O)C1O. The predicted octanol–water partition coefficient (Wildman–Crippen LogP) is 12.7. The molecule has 0 bridgehead atoms. The molecule has 1 rings (SSSR count). The molecular weight excluding hydrogens is 797 g/mol. The van der Waals surface area contributed by atoms with Crippen molar-refractivity contribution >= 4 is 11.9 Å². The molecule has 10 nitrogen and oxygen atoms in total. The highest BCUT2D eigenvalue weighted by atomic mass is 16.7. The van der Waals surface area contributed by atoms with Crippen LogP contribution in [0.3, 0.4) is 0 Å². The summed E-state index contributed by atoms with van der Waals surface area (Å²) in [5, 5.41) is 40.2. The van der Waals surface area contributed by atoms with E-state index in [0.29, 0.717) is 6.42 Å². The van der Waals surface area contributed by atoms with E-state index in [1.54, 1.807) is 0 Å². The van der Waals surface area contributed by atoms with E-state index < -0.39 is 49.4 Å². The lowest BCUT2D eigenvalue weighted by molar-refractivity contribution is -0.305. The minimum Gasteiger partial charge on any atom is -0.462 e. The number of hydrogen-bond donors (Lipinski definition) is 4. The molecule has 63 heavy (non-hydrogen) atoms. The zero-order chi connectivity index (χ0) is 45.9. The van der Waals surface area contributed by atoms with Crippen LogP contribution in [0.4, 0.5) is 0 Å². The largest absolute Gasteiger partial charge is 0.462 e. The molecule has 0 aliphatic carbocycles. The molecule has 1 fully saturated rings. The van der Waals surface area contributed by atoms with Crippen LogP contribution in [-0.4, -0.2) is 89.0 Å². The van der Waals surface area contributed by atoms with Gasteiger partial charge in [-0.2, -0.15) is 0 Å². The number of aliphatic hydroxyl groups is 4. The molecule has 0 aromatic rings. The van der Waals surface area contributed by atoms with Gasteiger partial charge in [-0.3, -0.25) is 9.59 Å². The van der Waals surface area contributed by atoms with Crippen LogP contribution in [0.15, 0.2) is 12.2 Å². The first kappa shape index (κ1) is 59.5. The third-order valence-corrected chi connectivity index (χ3v) is 12.7. The van der Waals surface area contributed by atoms with Gasteiger partial charge in [0.15, 0.2) is 12.4 Å². The molecule has 1 aliphatic rings. The van der Waals surface area contributed by atoms with E-state index in [1.165, 1.54) is 180 Å². The fourth-order valence-corrected chi connectivity index (χ4v) is 8.42. The molecule has 0 spiro atoms. The van der Waals surface area contributed by atoms with Crippen molar-refractivity contribution in [2.75, 3.05) is 19.8 Å². The lowest BCUT2D eigenvalue weighted by atomic mass is 9.99. The molecule has 4 N–H and O–H groups in total. The number of hydrogen-bond acceptors (Lipinski definition) is 10. The van der Waals surface area contributed by atoms with Gasteiger partial charge in [-0.25, -0.2) is 0 Å². The third-order valence-electron chi connectivity index (χ3n) is 12.7. The number of rotatable bonds is 46. The van der Waals surface area contributed by atoms with E-state index in [4.69, 9.17) is 18.9 Å². The first-order valence-electron chi connectivity index (χ1n) is 26.8. The van der Waals surface area contributed by atoms with Gasteiger partial charge in [0.2, 0.25) is 0 Å². The zero-order valence-corrected chi connectivity index (χ0v) is 40.8. The Bertz CT molecular complexity index is 1040. The monoisotopic (exact) mass is 897 g/mol. The topological polar surface area (TPSA) is 152 Å². The summed E-state index contributed by atoms with van der Waals surface area (Å²) in [6.07, 6.45) is 42.2. The average molecular weight is 897 g/mol. The Balaban J connectivity index is 2.22. The molecule has 1 saturated heterocycles. The molecule has 0 aromatic heterocycles. The summed E-state index contributed by atoms with van der Waals surface area (Å²) in [5.74, 6) is -0.795. The Morgan fingerprint density at radius 3 is 1.24 bits per heavy atom. The van der Waals surface area contributed by atoms with Gasteiger partial charge >= 0.3 is 11.9 Å². The van der Waals surface area contributed by atoms with Crippen LogP contribution in [0.25, 0.3) is 0 Å². The maximum atomic E-state index is 12.8. The van der Waals surface area contributed by atoms with Gasteiger partial charge in [-0.15, -0.1) is 0 Å². The van der Waals surface area contributed by atoms with Crippen LogP contribution >= 0.6 is 0 Å². The summed E-state index contributed by atoms with van der Waals surface area (Å²) < 4.78 is 22.3. The molecule has 372 valence electrons. The zero-order valence-electron chi connectivity index (χ0n) is 40.8. The van der Waals surface area contributed by atoms with E-state index in [-0.39, 0.29) is 32.0 Å². The lowest BCUT2D eigenvalue weighted by Gasteiger charge is -2.39. The van der Waals surface area contributed by atoms with Crippen molar-refractivity contribution in [3.8, 4) is 0 Å². The van der Waals surface area contributed by atoms with E-state index in [9.17, 15) is 30.0 Å². The van der Waals surface area contributed by atoms with Crippen LogP contribution < -0.4 is 0 Å². The van der Waals surface area contributed by atoms with Crippen molar-refractivity contribution < 1.29 is 49.0 Å². The number of unbranched alkanes of at least 4 members (excludes halogenated alkanes) is 33. The van der Waals surface area contributed by atoms with Crippen molar-refractivity contribution in [1.29, 1.82) is 0 Å². The second-order valence-electron chi connectivity index (χ2n) is 18.7. The number of aliphatic hydroxyl groups excluding tert-OH is 4. The van der Waals surface area contributed by atoms with Crippen LogP contribution in [0.5, 0.6) is 0 Å². The Hall–Kier alpha value is -1.56. The highest BCUT2D eigenvalue weighted by molar-refractivity contribution is 5.70. The quantitative estimate of drug-likeness (QED) is 0.0264. The first-order chi connectivity index (χ1) is 30.8. The Morgan fingerprint density at radius 2 is 0.841 bits per heavy atom. The summed E-state index contributed by atoms with van der Waals surface area (Å²) in [4.78, 5) is 25.5. The second kappa shape index (κ2) is 44.3. The molecule has 1 heterocycles. The summed E-state index contributed by atoms with van der Waals surface area (Å²) in [7, 11) is 0. The van der Waals surface area contributed by atoms with Crippen LogP contribution in [0, 0.1) is 0 Å². The minimum absolute atomic E-state index is 0.213. The smallest absolute Gasteiger partial charge is 0.306 e. The van der Waals surface area contributed by atoms with E-state index in [1.807, 2.05) is 0 Å². The molecule has 10 heteroatoms. The van der Waals surface area contributed by atoms with Crippen LogP contribution in [-0.2, 0) is 28.5 Å². The van der Waals surface area contributed by atoms with Crippen molar-refractivity contribution in [2.24, 2.45) is 0 Å². The fourth-order valence-electron chi connectivity index (χ4n) is 8.42. The standard InChI is InChI=1S/C53H100O10/c1-3-5-7-9-11-13-15-17-19-21-22-23-24-26-27-29-31-33-35-37-39-41-48(55)60-44-46(45-61-53-52(59)51(58)50(57)47(43-54)63-53)62-49(56)42-40-38-36-34-32-30-28-25-20-18-16-14-12-10-8-6-4-2/h18,20,46-47,50-54,57-59H,3-17,19,21-45H2,1-2H3/b20-18-. The van der Waals surface area contributed by atoms with Gasteiger partial charge in [-0.1, -0.05) is 219 Å². The van der Waals surface area contributed by atoms with Crippen molar-refractivity contribution in [2.45, 2.75) is 295 Å². The number of carbonyl (C=O) groups is 2. The van der Waals surface area contributed by atoms with Crippen LogP contribution in [0.1, 0.15) is 258 Å². The maximum Gasteiger partial charge on any atom is 0.306 e. The molecule has 0 amide bonds. The van der Waals surface area contributed by atoms with Crippen molar-refractivity contribution in [3.63, 3.8) is 0 Å². The fraction of sp³-hybridized carbons (Fsp3) is 0.925. The number of esters is 2. The summed E-state index contributed by atoms with van der Waals surface area (Å²) >= 11 is 0. The molecule has 6 unspecified atom stereocenters. The number of carbonyl (C=O) groups excluding carboxylic acids is 2. The Morgan fingerprint density at radius 1 is 0.476 bits per heavy atom. The third kappa shape index (κ3) is 35.3. The first-order valence-corrected chi connectivity index (χ1v) is 26.8. The Labute approximate surface area is 386 Å².